The van der Waals surface area contributed by atoms with Gasteiger partial charge in [0.2, 0.25) is 0 Å². The summed E-state index contributed by atoms with van der Waals surface area (Å²) >= 11 is 0. The van der Waals surface area contributed by atoms with Crippen LogP contribution in [0.5, 0.6) is 0 Å². The molecule has 0 saturated carbocycles. The predicted octanol–water partition coefficient (Wildman–Crippen LogP) is 4.52. The number of carbonyl (C=O) groups is 1. The maximum absolute atomic E-state index is 12.9. The lowest BCUT2D eigenvalue weighted by molar-refractivity contribution is -0.149. The van der Waals surface area contributed by atoms with Crippen LogP contribution < -0.4 is 0 Å². The molecule has 4 nitrogen and oxygen atoms in total. The molecule has 0 aromatic heterocycles. The van der Waals surface area contributed by atoms with Crippen LogP contribution in [0.15, 0.2) is 18.2 Å². The number of hydrogen-bond donors (Lipinski definition) is 0. The summed E-state index contributed by atoms with van der Waals surface area (Å²) in [5.41, 5.74) is -2.94. The van der Waals surface area contributed by atoms with Crippen molar-refractivity contribution in [1.29, 1.82) is 0 Å². The van der Waals surface area contributed by atoms with Gasteiger partial charge in [0.25, 0.3) is 0 Å². The highest BCUT2D eigenvalue weighted by Gasteiger charge is 2.38. The van der Waals surface area contributed by atoms with E-state index in [4.69, 9.17) is 9.47 Å². The summed E-state index contributed by atoms with van der Waals surface area (Å²) in [4.78, 5) is 11.2. The van der Waals surface area contributed by atoms with Gasteiger partial charge >= 0.3 is 18.3 Å². The van der Waals surface area contributed by atoms with Crippen molar-refractivity contribution in [2.45, 2.75) is 44.3 Å². The quantitative estimate of drug-likeness (QED) is 0.520. The normalized spacial score (nSPS) is 20.7. The number of ether oxygens (including phenoxy) is 3. The van der Waals surface area contributed by atoms with Gasteiger partial charge in [-0.3, -0.25) is 0 Å². The summed E-state index contributed by atoms with van der Waals surface area (Å²) in [7, 11) is 0. The van der Waals surface area contributed by atoms with Crippen LogP contribution in [0, 0.1) is 0 Å². The summed E-state index contributed by atoms with van der Waals surface area (Å²) in [6.45, 7) is 1.51. The van der Waals surface area contributed by atoms with E-state index in [2.05, 4.69) is 4.74 Å². The average molecular weight is 400 g/mol. The van der Waals surface area contributed by atoms with E-state index in [9.17, 15) is 31.1 Å². The monoisotopic (exact) mass is 400 g/mol. The minimum Gasteiger partial charge on any atom is -0.464 e. The Balaban J connectivity index is 2.06. The zero-order chi connectivity index (χ0) is 20.2. The molecule has 27 heavy (non-hydrogen) atoms. The van der Waals surface area contributed by atoms with E-state index in [1.54, 1.807) is 6.92 Å². The van der Waals surface area contributed by atoms with E-state index in [0.717, 1.165) is 0 Å². The lowest BCUT2D eigenvalue weighted by atomic mass is 9.99. The molecule has 0 bridgehead atoms. The van der Waals surface area contributed by atoms with Gasteiger partial charge in [0.15, 0.2) is 0 Å². The molecule has 0 spiro atoms. The van der Waals surface area contributed by atoms with Gasteiger partial charge in [0, 0.05) is 0 Å². The fourth-order valence-corrected chi connectivity index (χ4v) is 2.71. The molecule has 2 rings (SSSR count). The molecule has 2 unspecified atom stereocenters. The van der Waals surface area contributed by atoms with Crippen LogP contribution in [0.3, 0.4) is 0 Å². The molecule has 1 aromatic rings. The molecule has 1 heterocycles. The number of hydrogen-bond acceptors (Lipinski definition) is 4. The van der Waals surface area contributed by atoms with Crippen molar-refractivity contribution in [3.8, 4) is 0 Å². The zero-order valence-electron chi connectivity index (χ0n) is 14.3. The van der Waals surface area contributed by atoms with Gasteiger partial charge in [-0.1, -0.05) is 0 Å². The topological polar surface area (TPSA) is 44.8 Å². The Labute approximate surface area is 151 Å². The van der Waals surface area contributed by atoms with E-state index >= 15 is 0 Å². The molecule has 152 valence electrons. The first-order chi connectivity index (χ1) is 12.5. The van der Waals surface area contributed by atoms with Crippen molar-refractivity contribution in [2.75, 3.05) is 19.8 Å². The second-order valence-electron chi connectivity index (χ2n) is 5.98. The summed E-state index contributed by atoms with van der Waals surface area (Å²) in [5.74, 6) is -0.570. The van der Waals surface area contributed by atoms with E-state index in [1.807, 2.05) is 0 Å². The summed E-state index contributed by atoms with van der Waals surface area (Å²) in [5, 5.41) is 0. The minimum absolute atomic E-state index is 0.0135. The van der Waals surface area contributed by atoms with Gasteiger partial charge in [0.05, 0.1) is 36.5 Å². The van der Waals surface area contributed by atoms with E-state index in [1.165, 1.54) is 0 Å². The molecule has 0 aliphatic carbocycles. The first-order valence-electron chi connectivity index (χ1n) is 8.19. The maximum atomic E-state index is 12.9. The molecule has 2 atom stereocenters. The lowest BCUT2D eigenvalue weighted by Gasteiger charge is -2.18. The standard InChI is InChI=1S/C17H18F6O4/c1-2-26-15(24)9-25-8-13-3-4-14(27-13)10-5-11(16(18,19)20)7-12(6-10)17(21,22)23/h5-7,13-14H,2-4,8-9H2,1H3. The van der Waals surface area contributed by atoms with Crippen molar-refractivity contribution in [3.63, 3.8) is 0 Å². The predicted molar refractivity (Wildman–Crippen MR) is 80.7 cm³/mol. The van der Waals surface area contributed by atoms with Crippen LogP contribution >= 0.6 is 0 Å². The molecule has 1 aromatic carbocycles. The Hall–Kier alpha value is -1.81. The van der Waals surface area contributed by atoms with Crippen molar-refractivity contribution >= 4 is 5.97 Å². The first kappa shape index (κ1) is 21.5. The Kier molecular flexibility index (Phi) is 6.74. The average Bonchev–Trinajstić information content (AvgIpc) is 3.02. The van der Waals surface area contributed by atoms with Gasteiger partial charge in [-0.05, 0) is 43.5 Å². The smallest absolute Gasteiger partial charge is 0.416 e. The van der Waals surface area contributed by atoms with Gasteiger partial charge in [-0.25, -0.2) is 4.79 Å². The first-order valence-corrected chi connectivity index (χ1v) is 8.19. The summed E-state index contributed by atoms with van der Waals surface area (Å²) in [6, 6.07) is 1.42. The van der Waals surface area contributed by atoms with Crippen LogP contribution in [0.25, 0.3) is 0 Å². The molecular formula is C17H18F6O4. The molecule has 1 aliphatic heterocycles. The molecule has 1 aliphatic rings. The number of rotatable bonds is 6. The highest BCUT2D eigenvalue weighted by molar-refractivity contribution is 5.70. The van der Waals surface area contributed by atoms with Gasteiger partial charge in [0.1, 0.15) is 6.61 Å². The minimum atomic E-state index is -4.91. The second-order valence-corrected chi connectivity index (χ2v) is 5.98. The van der Waals surface area contributed by atoms with Crippen LogP contribution in [0.4, 0.5) is 26.3 Å². The van der Waals surface area contributed by atoms with Gasteiger partial charge < -0.3 is 14.2 Å². The lowest BCUT2D eigenvalue weighted by Crippen LogP contribution is -2.20. The summed E-state index contributed by atoms with van der Waals surface area (Å²) < 4.78 is 92.9. The highest BCUT2D eigenvalue weighted by Crippen LogP contribution is 2.40. The molecule has 1 fully saturated rings. The van der Waals surface area contributed by atoms with Crippen LogP contribution in [-0.4, -0.2) is 31.9 Å². The molecule has 0 N–H and O–H groups in total. The third kappa shape index (κ3) is 6.10. The van der Waals surface area contributed by atoms with Crippen LogP contribution in [0.2, 0.25) is 0 Å². The molecule has 1 saturated heterocycles. The van der Waals surface area contributed by atoms with Crippen molar-refractivity contribution in [1.82, 2.24) is 0 Å². The Morgan fingerprint density at radius 2 is 1.67 bits per heavy atom. The number of carbonyl (C=O) groups excluding carboxylic acids is 1. The Morgan fingerprint density at radius 3 is 2.19 bits per heavy atom. The second kappa shape index (κ2) is 8.47. The molecule has 0 radical (unpaired) electrons. The molecule has 10 heteroatoms. The molecular weight excluding hydrogens is 382 g/mol. The SMILES string of the molecule is CCOC(=O)COCC1CCC(c2cc(C(F)(F)F)cc(C(F)(F)F)c2)O1. The zero-order valence-corrected chi connectivity index (χ0v) is 14.3. The maximum Gasteiger partial charge on any atom is 0.416 e. The van der Waals surface area contributed by atoms with Gasteiger partial charge in [-0.15, -0.1) is 0 Å². The van der Waals surface area contributed by atoms with E-state index in [0.29, 0.717) is 18.6 Å². The Morgan fingerprint density at radius 1 is 1.07 bits per heavy atom. The van der Waals surface area contributed by atoms with Crippen molar-refractivity contribution in [2.24, 2.45) is 0 Å². The number of esters is 1. The van der Waals surface area contributed by atoms with E-state index in [-0.39, 0.29) is 37.9 Å². The fourth-order valence-electron chi connectivity index (χ4n) is 2.71. The van der Waals surface area contributed by atoms with Gasteiger partial charge in [-0.2, -0.15) is 26.3 Å². The molecule has 0 amide bonds. The summed E-state index contributed by atoms with van der Waals surface area (Å²) in [6.07, 6.45) is -10.6. The number of halogens is 6. The highest BCUT2D eigenvalue weighted by atomic mass is 19.4. The third-order valence-electron chi connectivity index (χ3n) is 3.92. The fraction of sp³-hybridized carbons (Fsp3) is 0.588. The van der Waals surface area contributed by atoms with Crippen LogP contribution in [0.1, 0.15) is 42.6 Å². The van der Waals surface area contributed by atoms with Crippen molar-refractivity contribution < 1.29 is 45.3 Å². The van der Waals surface area contributed by atoms with E-state index < -0.39 is 41.7 Å². The Bertz CT molecular complexity index is 624. The van der Waals surface area contributed by atoms with Crippen LogP contribution in [-0.2, 0) is 31.4 Å². The number of alkyl halides is 6. The third-order valence-corrected chi connectivity index (χ3v) is 3.92. The van der Waals surface area contributed by atoms with Crippen molar-refractivity contribution in [3.05, 3.63) is 34.9 Å². The number of benzene rings is 1. The largest absolute Gasteiger partial charge is 0.464 e.